The van der Waals surface area contributed by atoms with Gasteiger partial charge in [0.05, 0.1) is 15.6 Å². The molecule has 124 valence electrons. The van der Waals surface area contributed by atoms with E-state index in [9.17, 15) is 8.42 Å². The summed E-state index contributed by atoms with van der Waals surface area (Å²) in [5.41, 5.74) is 1.35. The average Bonchev–Trinajstić information content (AvgIpc) is 2.94. The average molecular weight is 384 g/mol. The fourth-order valence-corrected chi connectivity index (χ4v) is 3.76. The summed E-state index contributed by atoms with van der Waals surface area (Å²) in [4.78, 5) is 3.93. The molecule has 0 bridgehead atoms. The Hall–Kier alpha value is -2.09. The Morgan fingerprint density at radius 3 is 2.54 bits per heavy atom. The van der Waals surface area contributed by atoms with Gasteiger partial charge in [-0.1, -0.05) is 41.4 Å². The van der Waals surface area contributed by atoms with Crippen LogP contribution in [0.15, 0.2) is 51.9 Å². The number of hydrogen-bond acceptors (Lipinski definition) is 5. The smallest absolute Gasteiger partial charge is 0.277 e. The predicted octanol–water partition coefficient (Wildman–Crippen LogP) is 4.15. The highest BCUT2D eigenvalue weighted by molar-refractivity contribution is 7.92. The number of nitrogens with zero attached hydrogens (tertiary/aromatic N) is 2. The Balaban J connectivity index is 1.90. The second-order valence-electron chi connectivity index (χ2n) is 4.94. The highest BCUT2D eigenvalue weighted by atomic mass is 35.5. The number of aryl methyl sites for hydroxylation is 1. The van der Waals surface area contributed by atoms with E-state index in [0.717, 1.165) is 5.56 Å². The first-order valence-corrected chi connectivity index (χ1v) is 8.98. The zero-order valence-corrected chi connectivity index (χ0v) is 14.7. The molecule has 0 amide bonds. The van der Waals surface area contributed by atoms with E-state index in [1.165, 1.54) is 6.07 Å². The third kappa shape index (κ3) is 3.38. The van der Waals surface area contributed by atoms with Crippen LogP contribution >= 0.6 is 23.2 Å². The number of aromatic nitrogens is 2. The molecule has 0 unspecified atom stereocenters. The lowest BCUT2D eigenvalue weighted by Crippen LogP contribution is -2.14. The fourth-order valence-electron chi connectivity index (χ4n) is 2.01. The minimum absolute atomic E-state index is 0.0705. The molecule has 0 aliphatic rings. The van der Waals surface area contributed by atoms with E-state index in [2.05, 4.69) is 14.9 Å². The maximum Gasteiger partial charge on any atom is 0.277 e. The molecule has 9 heteroatoms. The van der Waals surface area contributed by atoms with Crippen molar-refractivity contribution in [2.24, 2.45) is 0 Å². The zero-order chi connectivity index (χ0) is 17.3. The van der Waals surface area contributed by atoms with Gasteiger partial charge in [-0.3, -0.25) is 0 Å². The molecule has 0 atom stereocenters. The van der Waals surface area contributed by atoms with E-state index in [0.29, 0.717) is 10.6 Å². The Morgan fingerprint density at radius 1 is 1.08 bits per heavy atom. The van der Waals surface area contributed by atoms with E-state index in [1.807, 2.05) is 6.92 Å². The molecular formula is C15H11Cl2N3O3S. The predicted molar refractivity (Wildman–Crippen MR) is 91.7 cm³/mol. The molecule has 3 aromatic rings. The Morgan fingerprint density at radius 2 is 1.83 bits per heavy atom. The maximum atomic E-state index is 12.4. The third-order valence-electron chi connectivity index (χ3n) is 3.13. The summed E-state index contributed by atoms with van der Waals surface area (Å²) in [6.45, 7) is 1.81. The largest absolute Gasteiger partial charge is 0.332 e. The highest BCUT2D eigenvalue weighted by Crippen LogP contribution is 2.28. The molecule has 1 aromatic heterocycles. The van der Waals surface area contributed by atoms with Crippen LogP contribution in [0.5, 0.6) is 0 Å². The van der Waals surface area contributed by atoms with E-state index in [4.69, 9.17) is 27.7 Å². The van der Waals surface area contributed by atoms with Crippen LogP contribution in [0.2, 0.25) is 10.0 Å². The zero-order valence-electron chi connectivity index (χ0n) is 12.3. The monoisotopic (exact) mass is 383 g/mol. The number of nitrogens with one attached hydrogen (secondary N) is 1. The van der Waals surface area contributed by atoms with Gasteiger partial charge >= 0.3 is 0 Å². The minimum Gasteiger partial charge on any atom is -0.332 e. The van der Waals surface area contributed by atoms with Gasteiger partial charge < -0.3 is 4.52 Å². The second-order valence-corrected chi connectivity index (χ2v) is 7.41. The molecule has 0 aliphatic carbocycles. The van der Waals surface area contributed by atoms with Gasteiger partial charge in [0.15, 0.2) is 0 Å². The molecule has 0 fully saturated rings. The maximum absolute atomic E-state index is 12.4. The normalized spacial score (nSPS) is 11.5. The first kappa shape index (κ1) is 16.8. The molecule has 24 heavy (non-hydrogen) atoms. The SMILES string of the molecule is Cc1ccc(S(=O)(=O)Nc2noc(-c3ccccc3Cl)n2)c(Cl)c1. The standard InChI is InChI=1S/C15H11Cl2N3O3S/c1-9-6-7-13(12(17)8-9)24(21,22)20-15-18-14(23-19-15)10-4-2-3-5-11(10)16/h2-8H,1H3,(H,19,20). The van der Waals surface area contributed by atoms with E-state index in [-0.39, 0.29) is 21.8 Å². The van der Waals surface area contributed by atoms with Gasteiger partial charge in [0.1, 0.15) is 4.90 Å². The van der Waals surface area contributed by atoms with E-state index >= 15 is 0 Å². The van der Waals surface area contributed by atoms with Crippen molar-refractivity contribution in [3.05, 3.63) is 58.1 Å². The van der Waals surface area contributed by atoms with Crippen molar-refractivity contribution in [2.45, 2.75) is 11.8 Å². The number of hydrogen-bond donors (Lipinski definition) is 1. The van der Waals surface area contributed by atoms with Crippen molar-refractivity contribution in [3.8, 4) is 11.5 Å². The van der Waals surface area contributed by atoms with Gasteiger partial charge in [-0.2, -0.15) is 4.98 Å². The Kier molecular flexibility index (Phi) is 4.49. The van der Waals surface area contributed by atoms with Gasteiger partial charge in [0.2, 0.25) is 0 Å². The van der Waals surface area contributed by atoms with Gasteiger partial charge in [0, 0.05) is 0 Å². The summed E-state index contributed by atoms with van der Waals surface area (Å²) in [6, 6.07) is 11.5. The molecular weight excluding hydrogens is 373 g/mol. The summed E-state index contributed by atoms with van der Waals surface area (Å²) in [6.07, 6.45) is 0. The van der Waals surface area contributed by atoms with Crippen LogP contribution in [-0.4, -0.2) is 18.6 Å². The van der Waals surface area contributed by atoms with Crippen molar-refractivity contribution in [3.63, 3.8) is 0 Å². The van der Waals surface area contributed by atoms with Gasteiger partial charge in [-0.15, -0.1) is 0 Å². The van der Waals surface area contributed by atoms with E-state index < -0.39 is 10.0 Å². The molecule has 3 rings (SSSR count). The molecule has 6 nitrogen and oxygen atoms in total. The summed E-state index contributed by atoms with van der Waals surface area (Å²) in [7, 11) is -3.94. The van der Waals surface area contributed by atoms with Crippen LogP contribution in [0.4, 0.5) is 5.95 Å². The molecule has 1 heterocycles. The summed E-state index contributed by atoms with van der Waals surface area (Å²) < 4.78 is 32.1. The van der Waals surface area contributed by atoms with Crippen molar-refractivity contribution >= 4 is 39.2 Å². The first-order valence-electron chi connectivity index (χ1n) is 6.74. The molecule has 0 aliphatic heterocycles. The molecule has 0 spiro atoms. The summed E-state index contributed by atoms with van der Waals surface area (Å²) in [5, 5.41) is 4.14. The summed E-state index contributed by atoms with van der Waals surface area (Å²) in [5.74, 6) is -0.102. The van der Waals surface area contributed by atoms with Crippen LogP contribution in [0.3, 0.4) is 0 Å². The van der Waals surface area contributed by atoms with Crippen LogP contribution in [0.1, 0.15) is 5.56 Å². The summed E-state index contributed by atoms with van der Waals surface area (Å²) >= 11 is 12.0. The van der Waals surface area contributed by atoms with Gasteiger partial charge in [0.25, 0.3) is 21.9 Å². The van der Waals surface area contributed by atoms with Crippen LogP contribution in [0, 0.1) is 6.92 Å². The molecule has 0 saturated carbocycles. The lowest BCUT2D eigenvalue weighted by molar-refractivity contribution is 0.433. The van der Waals surface area contributed by atoms with Crippen LogP contribution in [0.25, 0.3) is 11.5 Å². The quantitative estimate of drug-likeness (QED) is 0.730. The Bertz CT molecular complexity index is 1000. The lowest BCUT2D eigenvalue weighted by atomic mass is 10.2. The fraction of sp³-hybridized carbons (Fsp3) is 0.0667. The number of halogens is 2. The number of anilines is 1. The van der Waals surface area contributed by atoms with Gasteiger partial charge in [-0.25, -0.2) is 13.1 Å². The topological polar surface area (TPSA) is 85.1 Å². The highest BCUT2D eigenvalue weighted by Gasteiger charge is 2.21. The second kappa shape index (κ2) is 6.43. The molecule has 0 saturated heterocycles. The lowest BCUT2D eigenvalue weighted by Gasteiger charge is -2.06. The van der Waals surface area contributed by atoms with E-state index in [1.54, 1.807) is 36.4 Å². The molecule has 1 N–H and O–H groups in total. The number of benzene rings is 2. The van der Waals surface area contributed by atoms with Crippen molar-refractivity contribution in [2.75, 3.05) is 4.72 Å². The number of sulfonamides is 1. The minimum atomic E-state index is -3.94. The first-order chi connectivity index (χ1) is 11.4. The Labute approximate surface area is 148 Å². The van der Waals surface area contributed by atoms with Crippen molar-refractivity contribution < 1.29 is 12.9 Å². The molecule has 0 radical (unpaired) electrons. The third-order valence-corrected chi connectivity index (χ3v) is 5.27. The van der Waals surface area contributed by atoms with Crippen molar-refractivity contribution in [1.82, 2.24) is 10.1 Å². The van der Waals surface area contributed by atoms with Crippen LogP contribution < -0.4 is 4.72 Å². The van der Waals surface area contributed by atoms with Gasteiger partial charge in [-0.05, 0) is 41.9 Å². The van der Waals surface area contributed by atoms with Crippen LogP contribution in [-0.2, 0) is 10.0 Å². The number of rotatable bonds is 4. The van der Waals surface area contributed by atoms with Crippen molar-refractivity contribution in [1.29, 1.82) is 0 Å². The molecule has 2 aromatic carbocycles.